The van der Waals surface area contributed by atoms with Crippen LogP contribution in [0.4, 0.5) is 11.7 Å². The molecule has 27 heavy (non-hydrogen) atoms. The first-order chi connectivity index (χ1) is 13.0. The summed E-state index contributed by atoms with van der Waals surface area (Å²) in [5, 5.41) is 14.8. The molecule has 0 saturated heterocycles. The molecule has 0 atom stereocenters. The summed E-state index contributed by atoms with van der Waals surface area (Å²) in [6, 6.07) is 9.17. The number of nitrogens with zero attached hydrogens (tertiary/aromatic N) is 2. The lowest BCUT2D eigenvalue weighted by Gasteiger charge is -2.13. The van der Waals surface area contributed by atoms with E-state index in [1.807, 2.05) is 6.07 Å². The largest absolute Gasteiger partial charge is 0.423 e. The van der Waals surface area contributed by atoms with Crippen molar-refractivity contribution in [1.82, 2.24) is 9.97 Å². The SMILES string of the molecule is CC(C)Cc1c(NC(=O)c2cccc(Br)n2)ccc2nc(NCCO)oc12. The molecule has 0 bridgehead atoms. The van der Waals surface area contributed by atoms with Crippen molar-refractivity contribution in [2.24, 2.45) is 5.92 Å². The van der Waals surface area contributed by atoms with Gasteiger partial charge in [-0.25, -0.2) is 4.98 Å². The van der Waals surface area contributed by atoms with Gasteiger partial charge in [-0.05, 0) is 52.5 Å². The topological polar surface area (TPSA) is 100 Å². The molecule has 0 radical (unpaired) electrons. The summed E-state index contributed by atoms with van der Waals surface area (Å²) in [6.45, 7) is 4.53. The van der Waals surface area contributed by atoms with Crippen LogP contribution in [-0.2, 0) is 6.42 Å². The lowest BCUT2D eigenvalue weighted by Crippen LogP contribution is -2.15. The monoisotopic (exact) mass is 432 g/mol. The Morgan fingerprint density at radius 3 is 2.78 bits per heavy atom. The number of hydrogen-bond donors (Lipinski definition) is 3. The van der Waals surface area contributed by atoms with Gasteiger partial charge in [0.1, 0.15) is 15.8 Å². The molecule has 8 heteroatoms. The number of fused-ring (bicyclic) bond motifs is 1. The standard InChI is InChI=1S/C19H21BrN4O3/c1-11(2)10-12-13(23-18(26)15-4-3-5-16(20)22-15)6-7-14-17(12)27-19(24-14)21-8-9-25/h3-7,11,25H,8-10H2,1-2H3,(H,21,24)(H,23,26). The van der Waals surface area contributed by atoms with Crippen molar-refractivity contribution in [2.45, 2.75) is 20.3 Å². The maximum atomic E-state index is 12.6. The van der Waals surface area contributed by atoms with Crippen LogP contribution in [-0.4, -0.2) is 34.1 Å². The Kier molecular flexibility index (Phi) is 6.08. The number of oxazole rings is 1. The highest BCUT2D eigenvalue weighted by atomic mass is 79.9. The van der Waals surface area contributed by atoms with Crippen LogP contribution in [0.2, 0.25) is 0 Å². The summed E-state index contributed by atoms with van der Waals surface area (Å²) in [7, 11) is 0. The van der Waals surface area contributed by atoms with E-state index in [1.165, 1.54) is 0 Å². The minimum absolute atomic E-state index is 0.0154. The predicted molar refractivity (Wildman–Crippen MR) is 108 cm³/mol. The average molecular weight is 433 g/mol. The smallest absolute Gasteiger partial charge is 0.295 e. The molecule has 2 heterocycles. The van der Waals surface area contributed by atoms with Gasteiger partial charge in [0, 0.05) is 17.8 Å². The molecule has 3 aromatic rings. The molecule has 1 aromatic carbocycles. The van der Waals surface area contributed by atoms with Crippen molar-refractivity contribution in [2.75, 3.05) is 23.8 Å². The van der Waals surface area contributed by atoms with Gasteiger partial charge in [0.15, 0.2) is 5.58 Å². The van der Waals surface area contributed by atoms with Crippen molar-refractivity contribution in [3.05, 3.63) is 46.2 Å². The zero-order chi connectivity index (χ0) is 19.4. The van der Waals surface area contributed by atoms with Gasteiger partial charge >= 0.3 is 0 Å². The number of aromatic nitrogens is 2. The number of carbonyl (C=O) groups is 1. The van der Waals surface area contributed by atoms with Crippen molar-refractivity contribution in [1.29, 1.82) is 0 Å². The molecule has 142 valence electrons. The molecule has 0 unspecified atom stereocenters. The first-order valence-electron chi connectivity index (χ1n) is 8.69. The van der Waals surface area contributed by atoms with E-state index in [9.17, 15) is 4.79 Å². The van der Waals surface area contributed by atoms with E-state index < -0.39 is 0 Å². The molecule has 0 saturated carbocycles. The summed E-state index contributed by atoms with van der Waals surface area (Å²) in [5.41, 5.74) is 3.21. The number of aliphatic hydroxyl groups excluding tert-OH is 1. The number of anilines is 2. The van der Waals surface area contributed by atoms with Crippen LogP contribution in [0, 0.1) is 5.92 Å². The normalized spacial score (nSPS) is 11.1. The molecule has 1 amide bonds. The average Bonchev–Trinajstić information content (AvgIpc) is 3.05. The number of carbonyl (C=O) groups excluding carboxylic acids is 1. The van der Waals surface area contributed by atoms with Gasteiger partial charge in [-0.1, -0.05) is 19.9 Å². The molecule has 2 aromatic heterocycles. The van der Waals surface area contributed by atoms with Gasteiger partial charge in [-0.15, -0.1) is 0 Å². The number of halogens is 1. The minimum Gasteiger partial charge on any atom is -0.423 e. The highest BCUT2D eigenvalue weighted by Gasteiger charge is 2.18. The number of rotatable bonds is 7. The van der Waals surface area contributed by atoms with E-state index >= 15 is 0 Å². The second-order valence-electron chi connectivity index (χ2n) is 6.51. The Bertz CT molecular complexity index is 955. The highest BCUT2D eigenvalue weighted by Crippen LogP contribution is 2.31. The van der Waals surface area contributed by atoms with Crippen LogP contribution in [0.15, 0.2) is 39.4 Å². The third-order valence-corrected chi connectivity index (χ3v) is 4.30. The number of benzene rings is 1. The van der Waals surface area contributed by atoms with E-state index in [-0.39, 0.29) is 12.5 Å². The zero-order valence-corrected chi connectivity index (χ0v) is 16.7. The Morgan fingerprint density at radius 2 is 2.07 bits per heavy atom. The third kappa shape index (κ3) is 4.64. The number of aliphatic hydroxyl groups is 1. The van der Waals surface area contributed by atoms with Crippen LogP contribution < -0.4 is 10.6 Å². The molecule has 0 spiro atoms. The highest BCUT2D eigenvalue weighted by molar-refractivity contribution is 9.10. The molecular formula is C19H21BrN4O3. The first kappa shape index (κ1) is 19.3. The van der Waals surface area contributed by atoms with Gasteiger partial charge in [0.05, 0.1) is 6.61 Å². The van der Waals surface area contributed by atoms with Crippen LogP contribution >= 0.6 is 15.9 Å². The number of amides is 1. The molecule has 0 aliphatic heterocycles. The second kappa shape index (κ2) is 8.49. The molecule has 3 N–H and O–H groups in total. The third-order valence-electron chi connectivity index (χ3n) is 3.86. The Morgan fingerprint density at radius 1 is 1.26 bits per heavy atom. The minimum atomic E-state index is -0.293. The summed E-state index contributed by atoms with van der Waals surface area (Å²) >= 11 is 3.28. The summed E-state index contributed by atoms with van der Waals surface area (Å²) in [5.74, 6) is 0.0630. The number of hydrogen-bond acceptors (Lipinski definition) is 6. The van der Waals surface area contributed by atoms with E-state index in [1.54, 1.807) is 24.3 Å². The van der Waals surface area contributed by atoms with Crippen molar-refractivity contribution >= 4 is 44.6 Å². The van der Waals surface area contributed by atoms with Crippen LogP contribution in [0.3, 0.4) is 0 Å². The maximum Gasteiger partial charge on any atom is 0.295 e. The van der Waals surface area contributed by atoms with Crippen molar-refractivity contribution in [3.63, 3.8) is 0 Å². The number of pyridine rings is 1. The van der Waals surface area contributed by atoms with Gasteiger partial charge < -0.3 is 20.2 Å². The second-order valence-corrected chi connectivity index (χ2v) is 7.32. The molecule has 7 nitrogen and oxygen atoms in total. The lowest BCUT2D eigenvalue weighted by atomic mass is 10.00. The van der Waals surface area contributed by atoms with Crippen LogP contribution in [0.1, 0.15) is 29.9 Å². The predicted octanol–water partition coefficient (Wildman–Crippen LogP) is 3.84. The fourth-order valence-electron chi connectivity index (χ4n) is 2.73. The lowest BCUT2D eigenvalue weighted by molar-refractivity contribution is 0.102. The molecule has 3 rings (SSSR count). The van der Waals surface area contributed by atoms with Gasteiger partial charge in [-0.3, -0.25) is 4.79 Å². The molecular weight excluding hydrogens is 412 g/mol. The fraction of sp³-hybridized carbons (Fsp3) is 0.316. The Balaban J connectivity index is 1.96. The maximum absolute atomic E-state index is 12.6. The van der Waals surface area contributed by atoms with E-state index in [0.717, 1.165) is 5.56 Å². The van der Waals surface area contributed by atoms with Gasteiger partial charge in [0.2, 0.25) is 0 Å². The molecule has 0 aliphatic rings. The van der Waals surface area contributed by atoms with Crippen LogP contribution in [0.25, 0.3) is 11.1 Å². The zero-order valence-electron chi connectivity index (χ0n) is 15.1. The fourth-order valence-corrected chi connectivity index (χ4v) is 3.08. The van der Waals surface area contributed by atoms with Crippen LogP contribution in [0.5, 0.6) is 0 Å². The Hall–Kier alpha value is -2.45. The van der Waals surface area contributed by atoms with Crippen molar-refractivity contribution in [3.8, 4) is 0 Å². The molecule has 0 aliphatic carbocycles. The summed E-state index contributed by atoms with van der Waals surface area (Å²) < 4.78 is 6.44. The summed E-state index contributed by atoms with van der Waals surface area (Å²) in [6.07, 6.45) is 0.716. The van der Waals surface area contributed by atoms with Gasteiger partial charge in [0.25, 0.3) is 11.9 Å². The van der Waals surface area contributed by atoms with E-state index in [2.05, 4.69) is 50.4 Å². The Labute approximate surface area is 165 Å². The van der Waals surface area contributed by atoms with E-state index in [4.69, 9.17) is 9.52 Å². The van der Waals surface area contributed by atoms with Crippen molar-refractivity contribution < 1.29 is 14.3 Å². The quantitative estimate of drug-likeness (QED) is 0.490. The molecule has 0 fully saturated rings. The van der Waals surface area contributed by atoms with E-state index in [0.29, 0.717) is 52.0 Å². The van der Waals surface area contributed by atoms with Gasteiger partial charge in [-0.2, -0.15) is 4.98 Å². The summed E-state index contributed by atoms with van der Waals surface area (Å²) in [4.78, 5) is 21.2. The number of nitrogens with one attached hydrogen (secondary N) is 2. The first-order valence-corrected chi connectivity index (χ1v) is 9.48.